The summed E-state index contributed by atoms with van der Waals surface area (Å²) in [4.78, 5) is 23.9. The second-order valence-corrected chi connectivity index (χ2v) is 6.34. The number of anilines is 1. The van der Waals surface area contributed by atoms with Crippen molar-refractivity contribution in [2.75, 3.05) is 11.9 Å². The fourth-order valence-corrected chi connectivity index (χ4v) is 2.34. The summed E-state index contributed by atoms with van der Waals surface area (Å²) in [6.07, 6.45) is 0. The highest BCUT2D eigenvalue weighted by Gasteiger charge is 2.18. The predicted octanol–water partition coefficient (Wildman–Crippen LogP) is 2.81. The predicted molar refractivity (Wildman–Crippen MR) is 96.2 cm³/mol. The van der Waals surface area contributed by atoms with Crippen LogP contribution in [0.5, 0.6) is 0 Å². The zero-order chi connectivity index (χ0) is 20.1. The molecule has 2 rings (SSSR count). The van der Waals surface area contributed by atoms with E-state index in [9.17, 15) is 22.8 Å². The molecule has 5 nitrogen and oxygen atoms in total. The van der Waals surface area contributed by atoms with E-state index in [1.165, 1.54) is 12.1 Å². The number of nitrogens with two attached hydrogens (primary N) is 1. The van der Waals surface area contributed by atoms with E-state index in [1.807, 2.05) is 0 Å². The smallest absolute Gasteiger partial charge is 0.243 e. The second-order valence-electron chi connectivity index (χ2n) is 6.34. The minimum Gasteiger partial charge on any atom is -0.346 e. The Labute approximate surface area is 154 Å². The molecule has 2 aromatic carbocycles. The number of hydrogen-bond donors (Lipinski definition) is 3. The Bertz CT molecular complexity index is 833. The van der Waals surface area contributed by atoms with Crippen LogP contribution < -0.4 is 16.4 Å². The lowest BCUT2D eigenvalue weighted by Crippen LogP contribution is -2.46. The van der Waals surface area contributed by atoms with Gasteiger partial charge in [-0.05, 0) is 29.7 Å². The molecule has 27 heavy (non-hydrogen) atoms. The molecule has 144 valence electrons. The maximum Gasteiger partial charge on any atom is 0.243 e. The van der Waals surface area contributed by atoms with Crippen LogP contribution in [-0.2, 0) is 9.59 Å². The number of rotatable bonds is 6. The molecule has 0 fully saturated rings. The largest absolute Gasteiger partial charge is 0.346 e. The third-order valence-electron chi connectivity index (χ3n) is 3.94. The van der Waals surface area contributed by atoms with Gasteiger partial charge >= 0.3 is 0 Å². The Kier molecular flexibility index (Phi) is 6.57. The van der Waals surface area contributed by atoms with E-state index >= 15 is 0 Å². The van der Waals surface area contributed by atoms with Crippen LogP contribution in [0.25, 0.3) is 11.1 Å². The Morgan fingerprint density at radius 3 is 2.26 bits per heavy atom. The number of para-hydroxylation sites is 1. The fourth-order valence-electron chi connectivity index (χ4n) is 2.34. The molecule has 0 heterocycles. The van der Waals surface area contributed by atoms with Crippen LogP contribution in [0.3, 0.4) is 0 Å². The van der Waals surface area contributed by atoms with Gasteiger partial charge in [0.15, 0.2) is 17.5 Å². The van der Waals surface area contributed by atoms with Crippen molar-refractivity contribution in [1.29, 1.82) is 0 Å². The molecule has 0 aliphatic heterocycles. The van der Waals surface area contributed by atoms with Gasteiger partial charge in [0, 0.05) is 11.3 Å². The molecule has 0 aliphatic rings. The zero-order valence-electron chi connectivity index (χ0n) is 14.9. The number of carbonyl (C=O) groups excluding carboxylic acids is 2. The van der Waals surface area contributed by atoms with E-state index in [0.717, 1.165) is 12.1 Å². The van der Waals surface area contributed by atoms with Crippen LogP contribution in [0.2, 0.25) is 0 Å². The topological polar surface area (TPSA) is 84.2 Å². The van der Waals surface area contributed by atoms with Crippen molar-refractivity contribution in [1.82, 2.24) is 5.32 Å². The molecule has 0 saturated heterocycles. The highest BCUT2D eigenvalue weighted by molar-refractivity contribution is 5.98. The van der Waals surface area contributed by atoms with Crippen LogP contribution in [-0.4, -0.2) is 24.4 Å². The van der Waals surface area contributed by atoms with E-state index in [1.54, 1.807) is 26.0 Å². The van der Waals surface area contributed by atoms with Gasteiger partial charge in [0.1, 0.15) is 0 Å². The Hall–Kier alpha value is -2.87. The van der Waals surface area contributed by atoms with E-state index < -0.39 is 35.3 Å². The Morgan fingerprint density at radius 2 is 1.67 bits per heavy atom. The SMILES string of the molecule is CC(C)[C@H](N)C(=O)NCC(=O)Nc1ccccc1-c1cc(F)c(F)c(F)c1. The van der Waals surface area contributed by atoms with Crippen molar-refractivity contribution in [3.05, 3.63) is 53.8 Å². The van der Waals surface area contributed by atoms with Crippen LogP contribution >= 0.6 is 0 Å². The highest BCUT2D eigenvalue weighted by atomic mass is 19.2. The quantitative estimate of drug-likeness (QED) is 0.675. The van der Waals surface area contributed by atoms with Gasteiger partial charge in [-0.3, -0.25) is 9.59 Å². The van der Waals surface area contributed by atoms with Gasteiger partial charge in [-0.2, -0.15) is 0 Å². The fraction of sp³-hybridized carbons (Fsp3) is 0.263. The second kappa shape index (κ2) is 8.68. The molecule has 1 atom stereocenters. The van der Waals surface area contributed by atoms with Crippen molar-refractivity contribution >= 4 is 17.5 Å². The highest BCUT2D eigenvalue weighted by Crippen LogP contribution is 2.30. The third-order valence-corrected chi connectivity index (χ3v) is 3.94. The maximum atomic E-state index is 13.5. The van der Waals surface area contributed by atoms with E-state index in [2.05, 4.69) is 10.6 Å². The molecule has 0 bridgehead atoms. The summed E-state index contributed by atoms with van der Waals surface area (Å²) in [5.41, 5.74) is 6.32. The van der Waals surface area contributed by atoms with Gasteiger partial charge < -0.3 is 16.4 Å². The lowest BCUT2D eigenvalue weighted by atomic mass is 10.0. The van der Waals surface area contributed by atoms with Crippen LogP contribution in [0.15, 0.2) is 36.4 Å². The van der Waals surface area contributed by atoms with Gasteiger partial charge in [0.25, 0.3) is 0 Å². The van der Waals surface area contributed by atoms with Gasteiger partial charge in [0.2, 0.25) is 11.8 Å². The molecule has 0 aromatic heterocycles. The molecule has 0 radical (unpaired) electrons. The molecule has 2 amide bonds. The van der Waals surface area contributed by atoms with Gasteiger partial charge in [-0.1, -0.05) is 32.0 Å². The summed E-state index contributed by atoms with van der Waals surface area (Å²) < 4.78 is 40.2. The number of halogens is 3. The molecule has 0 spiro atoms. The molecule has 0 unspecified atom stereocenters. The summed E-state index contributed by atoms with van der Waals surface area (Å²) in [5.74, 6) is -5.32. The van der Waals surface area contributed by atoms with E-state index in [4.69, 9.17) is 5.73 Å². The Balaban J connectivity index is 2.14. The number of carbonyl (C=O) groups is 2. The molecular weight excluding hydrogens is 359 g/mol. The Morgan fingerprint density at radius 1 is 1.07 bits per heavy atom. The average Bonchev–Trinajstić information content (AvgIpc) is 2.63. The summed E-state index contributed by atoms with van der Waals surface area (Å²) >= 11 is 0. The molecule has 0 saturated carbocycles. The first-order valence-corrected chi connectivity index (χ1v) is 8.27. The van der Waals surface area contributed by atoms with Crippen LogP contribution in [0.1, 0.15) is 13.8 Å². The molecule has 4 N–H and O–H groups in total. The summed E-state index contributed by atoms with van der Waals surface area (Å²) in [6, 6.07) is 7.20. The van der Waals surface area contributed by atoms with Crippen molar-refractivity contribution < 1.29 is 22.8 Å². The zero-order valence-corrected chi connectivity index (χ0v) is 14.9. The number of hydrogen-bond acceptors (Lipinski definition) is 3. The van der Waals surface area contributed by atoms with Crippen LogP contribution in [0, 0.1) is 23.4 Å². The summed E-state index contributed by atoms with van der Waals surface area (Å²) in [5, 5.41) is 4.98. The van der Waals surface area contributed by atoms with Crippen molar-refractivity contribution in [2.45, 2.75) is 19.9 Å². The molecule has 8 heteroatoms. The summed E-state index contributed by atoms with van der Waals surface area (Å²) in [7, 11) is 0. The molecule has 2 aromatic rings. The minimum atomic E-state index is -1.57. The van der Waals surface area contributed by atoms with E-state index in [0.29, 0.717) is 5.56 Å². The lowest BCUT2D eigenvalue weighted by molar-refractivity contribution is -0.125. The standard InChI is InChI=1S/C19H20F3N3O2/c1-10(2)18(23)19(27)24-9-16(26)25-15-6-4-3-5-12(15)11-7-13(20)17(22)14(21)8-11/h3-8,10,18H,9,23H2,1-2H3,(H,24,27)(H,25,26)/t18-/m0/s1. The number of amides is 2. The first kappa shape index (κ1) is 20.4. The number of nitrogens with one attached hydrogen (secondary N) is 2. The third kappa shape index (κ3) is 5.07. The van der Waals surface area contributed by atoms with Gasteiger partial charge in [-0.15, -0.1) is 0 Å². The van der Waals surface area contributed by atoms with E-state index in [-0.39, 0.29) is 23.7 Å². The lowest BCUT2D eigenvalue weighted by Gasteiger charge is -2.16. The normalized spacial score (nSPS) is 12.0. The van der Waals surface area contributed by atoms with Crippen molar-refractivity contribution in [3.8, 4) is 11.1 Å². The maximum absolute atomic E-state index is 13.5. The summed E-state index contributed by atoms with van der Waals surface area (Å²) in [6.45, 7) is 3.24. The first-order valence-electron chi connectivity index (χ1n) is 8.27. The monoisotopic (exact) mass is 379 g/mol. The van der Waals surface area contributed by atoms with Crippen molar-refractivity contribution in [3.63, 3.8) is 0 Å². The number of benzene rings is 2. The minimum absolute atomic E-state index is 0.0631. The van der Waals surface area contributed by atoms with Crippen molar-refractivity contribution in [2.24, 2.45) is 11.7 Å². The first-order chi connectivity index (χ1) is 12.7. The van der Waals surface area contributed by atoms with Gasteiger partial charge in [-0.25, -0.2) is 13.2 Å². The average molecular weight is 379 g/mol. The van der Waals surface area contributed by atoms with Gasteiger partial charge in [0.05, 0.1) is 12.6 Å². The molecular formula is C19H20F3N3O2. The molecule has 0 aliphatic carbocycles. The van der Waals surface area contributed by atoms with Crippen LogP contribution in [0.4, 0.5) is 18.9 Å².